The van der Waals surface area contributed by atoms with Crippen molar-refractivity contribution in [3.8, 4) is 5.75 Å². The van der Waals surface area contributed by atoms with E-state index in [1.165, 1.54) is 24.0 Å². The molecule has 2 heteroatoms. The van der Waals surface area contributed by atoms with Crippen molar-refractivity contribution in [2.75, 3.05) is 20.2 Å². The lowest BCUT2D eigenvalue weighted by Gasteiger charge is -2.31. The van der Waals surface area contributed by atoms with E-state index in [-0.39, 0.29) is 0 Å². The number of nitrogens with one attached hydrogen (secondary N) is 1. The number of ether oxygens (including phenoxy) is 1. The molecule has 2 aromatic rings. The van der Waals surface area contributed by atoms with Crippen molar-refractivity contribution in [1.29, 1.82) is 0 Å². The van der Waals surface area contributed by atoms with E-state index in [1.54, 1.807) is 7.11 Å². The molecular formula is C19H23NO. The molecule has 3 rings (SSSR count). The zero-order valence-corrected chi connectivity index (χ0v) is 12.6. The third-order valence-corrected chi connectivity index (χ3v) is 4.47. The molecule has 0 amide bonds. The van der Waals surface area contributed by atoms with Crippen LogP contribution in [0.3, 0.4) is 0 Å². The van der Waals surface area contributed by atoms with Gasteiger partial charge in [-0.2, -0.15) is 0 Å². The molecule has 0 saturated carbocycles. The molecule has 2 aromatic carbocycles. The highest BCUT2D eigenvalue weighted by molar-refractivity contribution is 5.38. The quantitative estimate of drug-likeness (QED) is 0.919. The number of benzene rings is 2. The SMILES string of the molecule is COc1cccc([C@@H](c2ccccc2)C2CCNCC2)c1. The molecule has 1 aliphatic heterocycles. The minimum atomic E-state index is 0.461. The zero-order valence-electron chi connectivity index (χ0n) is 12.6. The van der Waals surface area contributed by atoms with Crippen LogP contribution in [0.25, 0.3) is 0 Å². The first kappa shape index (κ1) is 14.2. The van der Waals surface area contributed by atoms with Crippen LogP contribution in [0.15, 0.2) is 54.6 Å². The van der Waals surface area contributed by atoms with E-state index in [0.717, 1.165) is 18.8 Å². The van der Waals surface area contributed by atoms with Gasteiger partial charge in [-0.15, -0.1) is 0 Å². The van der Waals surface area contributed by atoms with E-state index >= 15 is 0 Å². The van der Waals surface area contributed by atoms with E-state index in [9.17, 15) is 0 Å². The van der Waals surface area contributed by atoms with E-state index in [2.05, 4.69) is 53.8 Å². The van der Waals surface area contributed by atoms with Crippen LogP contribution in [0.1, 0.15) is 29.9 Å². The van der Waals surface area contributed by atoms with Crippen LogP contribution in [0.5, 0.6) is 5.75 Å². The van der Waals surface area contributed by atoms with Crippen molar-refractivity contribution in [3.05, 3.63) is 65.7 Å². The monoisotopic (exact) mass is 281 g/mol. The number of piperidine rings is 1. The molecular weight excluding hydrogens is 258 g/mol. The molecule has 0 spiro atoms. The van der Waals surface area contributed by atoms with Gasteiger partial charge in [0.2, 0.25) is 0 Å². The maximum absolute atomic E-state index is 5.42. The summed E-state index contributed by atoms with van der Waals surface area (Å²) in [6.45, 7) is 2.25. The lowest BCUT2D eigenvalue weighted by molar-refractivity contribution is 0.341. The van der Waals surface area contributed by atoms with Gasteiger partial charge >= 0.3 is 0 Å². The van der Waals surface area contributed by atoms with Crippen molar-refractivity contribution < 1.29 is 4.74 Å². The second-order valence-electron chi connectivity index (χ2n) is 5.75. The Kier molecular flexibility index (Phi) is 4.56. The van der Waals surface area contributed by atoms with Crippen LogP contribution in [-0.2, 0) is 0 Å². The van der Waals surface area contributed by atoms with E-state index < -0.39 is 0 Å². The molecule has 0 unspecified atom stereocenters. The van der Waals surface area contributed by atoms with E-state index in [1.807, 2.05) is 6.07 Å². The molecule has 0 bridgehead atoms. The normalized spacial score (nSPS) is 17.4. The largest absolute Gasteiger partial charge is 0.497 e. The summed E-state index contributed by atoms with van der Waals surface area (Å²) in [5, 5.41) is 3.47. The van der Waals surface area contributed by atoms with Gasteiger partial charge in [-0.3, -0.25) is 0 Å². The van der Waals surface area contributed by atoms with E-state index in [4.69, 9.17) is 4.74 Å². The third kappa shape index (κ3) is 3.27. The Hall–Kier alpha value is -1.80. The predicted octanol–water partition coefficient (Wildman–Crippen LogP) is 3.83. The van der Waals surface area contributed by atoms with Crippen molar-refractivity contribution in [1.82, 2.24) is 5.32 Å². The molecule has 0 aliphatic carbocycles. The average Bonchev–Trinajstić information content (AvgIpc) is 2.57. The molecule has 1 atom stereocenters. The fraction of sp³-hybridized carbons (Fsp3) is 0.368. The fourth-order valence-electron chi connectivity index (χ4n) is 3.41. The molecule has 2 nitrogen and oxygen atoms in total. The summed E-state index contributed by atoms with van der Waals surface area (Å²) in [6.07, 6.45) is 2.47. The highest BCUT2D eigenvalue weighted by atomic mass is 16.5. The number of methoxy groups -OCH3 is 1. The van der Waals surface area contributed by atoms with Gasteiger partial charge in [0.1, 0.15) is 5.75 Å². The van der Waals surface area contributed by atoms with Gasteiger partial charge < -0.3 is 10.1 Å². The Morgan fingerprint density at radius 1 is 0.952 bits per heavy atom. The van der Waals surface area contributed by atoms with Crippen LogP contribution < -0.4 is 10.1 Å². The molecule has 1 N–H and O–H groups in total. The minimum absolute atomic E-state index is 0.461. The summed E-state index contributed by atoms with van der Waals surface area (Å²) in [4.78, 5) is 0. The first-order chi connectivity index (χ1) is 10.4. The maximum atomic E-state index is 5.42. The molecule has 21 heavy (non-hydrogen) atoms. The minimum Gasteiger partial charge on any atom is -0.497 e. The van der Waals surface area contributed by atoms with Crippen LogP contribution in [0, 0.1) is 5.92 Å². The Morgan fingerprint density at radius 3 is 2.38 bits per heavy atom. The molecule has 0 aromatic heterocycles. The van der Waals surface area contributed by atoms with Crippen LogP contribution in [0.4, 0.5) is 0 Å². The molecule has 0 radical (unpaired) electrons. The highest BCUT2D eigenvalue weighted by Crippen LogP contribution is 2.37. The molecule has 1 saturated heterocycles. The van der Waals surface area contributed by atoms with Gasteiger partial charge in [0.25, 0.3) is 0 Å². The molecule has 1 heterocycles. The third-order valence-electron chi connectivity index (χ3n) is 4.47. The van der Waals surface area contributed by atoms with Crippen LogP contribution >= 0.6 is 0 Å². The van der Waals surface area contributed by atoms with Crippen molar-refractivity contribution in [3.63, 3.8) is 0 Å². The molecule has 1 fully saturated rings. The lowest BCUT2D eigenvalue weighted by Crippen LogP contribution is -2.31. The average molecular weight is 281 g/mol. The second kappa shape index (κ2) is 6.77. The van der Waals surface area contributed by atoms with Gasteiger partial charge in [0.15, 0.2) is 0 Å². The van der Waals surface area contributed by atoms with Crippen molar-refractivity contribution in [2.24, 2.45) is 5.92 Å². The topological polar surface area (TPSA) is 21.3 Å². The standard InChI is InChI=1S/C19H23NO/c1-21-18-9-5-8-17(14-18)19(15-6-3-2-4-7-15)16-10-12-20-13-11-16/h2-9,14,16,19-20H,10-13H2,1H3/t19-/m0/s1. The molecule has 110 valence electrons. The van der Waals surface area contributed by atoms with Crippen molar-refractivity contribution >= 4 is 0 Å². The van der Waals surface area contributed by atoms with Gasteiger partial charge in [-0.1, -0.05) is 42.5 Å². The number of hydrogen-bond donors (Lipinski definition) is 1. The summed E-state index contributed by atoms with van der Waals surface area (Å²) in [6, 6.07) is 19.4. The summed E-state index contributed by atoms with van der Waals surface area (Å²) >= 11 is 0. The first-order valence-electron chi connectivity index (χ1n) is 7.78. The summed E-state index contributed by atoms with van der Waals surface area (Å²) in [7, 11) is 1.74. The van der Waals surface area contributed by atoms with Crippen LogP contribution in [-0.4, -0.2) is 20.2 Å². The summed E-state index contributed by atoms with van der Waals surface area (Å²) in [5.74, 6) is 2.10. The predicted molar refractivity (Wildman–Crippen MR) is 86.9 cm³/mol. The van der Waals surface area contributed by atoms with Crippen LogP contribution in [0.2, 0.25) is 0 Å². The number of hydrogen-bond acceptors (Lipinski definition) is 2. The Balaban J connectivity index is 1.98. The zero-order chi connectivity index (χ0) is 14.5. The van der Waals surface area contributed by atoms with Gasteiger partial charge in [-0.05, 0) is 55.1 Å². The fourth-order valence-corrected chi connectivity index (χ4v) is 3.41. The Morgan fingerprint density at radius 2 is 1.67 bits per heavy atom. The Bertz CT molecular complexity index is 561. The highest BCUT2D eigenvalue weighted by Gasteiger charge is 2.26. The first-order valence-corrected chi connectivity index (χ1v) is 7.78. The number of rotatable bonds is 4. The maximum Gasteiger partial charge on any atom is 0.119 e. The smallest absolute Gasteiger partial charge is 0.119 e. The Labute approximate surface area is 127 Å². The van der Waals surface area contributed by atoms with E-state index in [0.29, 0.717) is 11.8 Å². The second-order valence-corrected chi connectivity index (χ2v) is 5.75. The van der Waals surface area contributed by atoms with Gasteiger partial charge in [0, 0.05) is 5.92 Å². The summed E-state index contributed by atoms with van der Waals surface area (Å²) < 4.78 is 5.42. The van der Waals surface area contributed by atoms with Crippen molar-refractivity contribution in [2.45, 2.75) is 18.8 Å². The summed E-state index contributed by atoms with van der Waals surface area (Å²) in [5.41, 5.74) is 2.78. The van der Waals surface area contributed by atoms with Gasteiger partial charge in [-0.25, -0.2) is 0 Å². The van der Waals surface area contributed by atoms with Gasteiger partial charge in [0.05, 0.1) is 7.11 Å². The lowest BCUT2D eigenvalue weighted by atomic mass is 9.76. The molecule has 1 aliphatic rings.